The molecular weight excluding hydrogens is 362 g/mol. The summed E-state index contributed by atoms with van der Waals surface area (Å²) in [5, 5.41) is 16.5. The van der Waals surface area contributed by atoms with Gasteiger partial charge in [0.25, 0.3) is 5.69 Å². The average Bonchev–Trinajstić information content (AvgIpc) is 3.03. The first-order valence-corrected chi connectivity index (χ1v) is 8.53. The maximum atomic E-state index is 12.2. The van der Waals surface area contributed by atoms with E-state index >= 15 is 0 Å². The first kappa shape index (κ1) is 17.1. The SMILES string of the molecule is O=C(Cc1ccccc1[N+](=O)[O-])Nc1nc(-c2ccccc2Cl)cs1. The highest BCUT2D eigenvalue weighted by atomic mass is 35.5. The molecule has 3 aromatic rings. The van der Waals surface area contributed by atoms with Gasteiger partial charge in [0.05, 0.1) is 17.0 Å². The monoisotopic (exact) mass is 373 g/mol. The van der Waals surface area contributed by atoms with Crippen molar-refractivity contribution in [3.8, 4) is 11.3 Å². The first-order chi connectivity index (χ1) is 12.0. The van der Waals surface area contributed by atoms with Gasteiger partial charge in [0.2, 0.25) is 5.91 Å². The molecule has 8 heteroatoms. The van der Waals surface area contributed by atoms with Crippen molar-refractivity contribution in [2.24, 2.45) is 0 Å². The predicted octanol–water partition coefficient (Wildman–Crippen LogP) is 4.55. The van der Waals surface area contributed by atoms with Crippen LogP contribution in [0.3, 0.4) is 0 Å². The van der Waals surface area contributed by atoms with Gasteiger partial charge in [0.15, 0.2) is 5.13 Å². The van der Waals surface area contributed by atoms with Gasteiger partial charge in [-0.05, 0) is 6.07 Å². The fraction of sp³-hybridized carbons (Fsp3) is 0.0588. The lowest BCUT2D eigenvalue weighted by Gasteiger charge is -2.03. The molecule has 0 saturated carbocycles. The van der Waals surface area contributed by atoms with Crippen molar-refractivity contribution in [2.75, 3.05) is 5.32 Å². The highest BCUT2D eigenvalue weighted by molar-refractivity contribution is 7.14. The molecule has 126 valence electrons. The Hall–Kier alpha value is -2.77. The molecule has 1 aromatic heterocycles. The summed E-state index contributed by atoms with van der Waals surface area (Å²) in [4.78, 5) is 27.0. The number of aromatic nitrogens is 1. The predicted molar refractivity (Wildman–Crippen MR) is 98.0 cm³/mol. The summed E-state index contributed by atoms with van der Waals surface area (Å²) in [6, 6.07) is 13.5. The number of thiazole rings is 1. The molecule has 0 radical (unpaired) electrons. The zero-order valence-corrected chi connectivity index (χ0v) is 14.4. The second kappa shape index (κ2) is 7.42. The van der Waals surface area contributed by atoms with Gasteiger partial charge >= 0.3 is 0 Å². The van der Waals surface area contributed by atoms with Crippen molar-refractivity contribution >= 4 is 39.7 Å². The molecule has 0 saturated heterocycles. The molecular formula is C17H12ClN3O3S. The van der Waals surface area contributed by atoms with E-state index in [9.17, 15) is 14.9 Å². The number of rotatable bonds is 5. The molecule has 6 nitrogen and oxygen atoms in total. The third-order valence-corrected chi connectivity index (χ3v) is 4.53. The van der Waals surface area contributed by atoms with Gasteiger partial charge in [-0.2, -0.15) is 0 Å². The fourth-order valence-electron chi connectivity index (χ4n) is 2.30. The molecule has 1 amide bonds. The summed E-state index contributed by atoms with van der Waals surface area (Å²) in [7, 11) is 0. The molecule has 2 aromatic carbocycles. The molecule has 0 bridgehead atoms. The number of benzene rings is 2. The van der Waals surface area contributed by atoms with Crippen LogP contribution in [0.5, 0.6) is 0 Å². The van der Waals surface area contributed by atoms with Crippen molar-refractivity contribution in [1.29, 1.82) is 0 Å². The normalized spacial score (nSPS) is 10.4. The molecule has 0 atom stereocenters. The van der Waals surface area contributed by atoms with E-state index < -0.39 is 4.92 Å². The van der Waals surface area contributed by atoms with E-state index in [4.69, 9.17) is 11.6 Å². The van der Waals surface area contributed by atoms with Gasteiger partial charge in [-0.15, -0.1) is 11.3 Å². The van der Waals surface area contributed by atoms with Crippen LogP contribution in [0.15, 0.2) is 53.9 Å². The molecule has 0 fully saturated rings. The summed E-state index contributed by atoms with van der Waals surface area (Å²) in [5.41, 5.74) is 1.72. The Kier molecular flexibility index (Phi) is 5.06. The summed E-state index contributed by atoms with van der Waals surface area (Å²) >= 11 is 7.41. The lowest BCUT2D eigenvalue weighted by atomic mass is 10.1. The van der Waals surface area contributed by atoms with Crippen LogP contribution < -0.4 is 5.32 Å². The van der Waals surface area contributed by atoms with Crippen LogP contribution in [0.2, 0.25) is 5.02 Å². The lowest BCUT2D eigenvalue weighted by molar-refractivity contribution is -0.385. The number of halogens is 1. The average molecular weight is 374 g/mol. The smallest absolute Gasteiger partial charge is 0.273 e. The van der Waals surface area contributed by atoms with E-state index in [-0.39, 0.29) is 18.0 Å². The van der Waals surface area contributed by atoms with Crippen molar-refractivity contribution in [2.45, 2.75) is 6.42 Å². The molecule has 1 heterocycles. The Bertz CT molecular complexity index is 942. The molecule has 0 aliphatic heterocycles. The molecule has 0 unspecified atom stereocenters. The number of nitro groups is 1. The third-order valence-electron chi connectivity index (χ3n) is 3.44. The summed E-state index contributed by atoms with van der Waals surface area (Å²) in [6.07, 6.45) is -0.0990. The number of nitrogens with one attached hydrogen (secondary N) is 1. The van der Waals surface area contributed by atoms with Crippen LogP contribution >= 0.6 is 22.9 Å². The number of para-hydroxylation sites is 1. The zero-order valence-electron chi connectivity index (χ0n) is 12.8. The van der Waals surface area contributed by atoms with E-state index in [0.717, 1.165) is 5.56 Å². The second-order valence-corrected chi connectivity index (χ2v) is 6.39. The van der Waals surface area contributed by atoms with Crippen LogP contribution in [0.1, 0.15) is 5.56 Å². The van der Waals surface area contributed by atoms with Crippen LogP contribution in [-0.4, -0.2) is 15.8 Å². The van der Waals surface area contributed by atoms with Crippen LogP contribution in [-0.2, 0) is 11.2 Å². The zero-order chi connectivity index (χ0) is 17.8. The maximum absolute atomic E-state index is 12.2. The number of anilines is 1. The molecule has 25 heavy (non-hydrogen) atoms. The van der Waals surface area contributed by atoms with E-state index in [1.807, 2.05) is 18.2 Å². The van der Waals surface area contributed by atoms with Gasteiger partial charge in [-0.3, -0.25) is 14.9 Å². The molecule has 0 aliphatic carbocycles. The number of nitrogens with zero attached hydrogens (tertiary/aromatic N) is 2. The number of hydrogen-bond acceptors (Lipinski definition) is 5. The Balaban J connectivity index is 1.73. The number of carbonyl (C=O) groups excluding carboxylic acids is 1. The van der Waals surface area contributed by atoms with Crippen LogP contribution in [0.25, 0.3) is 11.3 Å². The highest BCUT2D eigenvalue weighted by Gasteiger charge is 2.16. The highest BCUT2D eigenvalue weighted by Crippen LogP contribution is 2.30. The van der Waals surface area contributed by atoms with Gasteiger partial charge in [0, 0.05) is 27.6 Å². The topological polar surface area (TPSA) is 85.1 Å². The minimum Gasteiger partial charge on any atom is -0.302 e. The minimum atomic E-state index is -0.498. The largest absolute Gasteiger partial charge is 0.302 e. The van der Waals surface area contributed by atoms with E-state index in [1.165, 1.54) is 17.4 Å². The number of hydrogen-bond donors (Lipinski definition) is 1. The summed E-state index contributed by atoms with van der Waals surface area (Å²) < 4.78 is 0. The van der Waals surface area contributed by atoms with Crippen molar-refractivity contribution in [1.82, 2.24) is 4.98 Å². The third kappa shape index (κ3) is 4.01. The van der Waals surface area contributed by atoms with Crippen molar-refractivity contribution < 1.29 is 9.72 Å². The Morgan fingerprint density at radius 3 is 2.68 bits per heavy atom. The fourth-order valence-corrected chi connectivity index (χ4v) is 3.26. The second-order valence-electron chi connectivity index (χ2n) is 5.13. The van der Waals surface area contributed by atoms with Gasteiger partial charge in [-0.25, -0.2) is 4.98 Å². The van der Waals surface area contributed by atoms with Gasteiger partial charge in [-0.1, -0.05) is 48.0 Å². The number of amides is 1. The summed E-state index contributed by atoms with van der Waals surface area (Å²) in [5.74, 6) is -0.366. The molecule has 1 N–H and O–H groups in total. The number of nitro benzene ring substituents is 1. The standard InChI is InChI=1S/C17H12ClN3O3S/c18-13-7-3-2-6-12(13)14-10-25-17(19-14)20-16(22)9-11-5-1-4-8-15(11)21(23)24/h1-8,10H,9H2,(H,19,20,22). The molecule has 0 aliphatic rings. The van der Waals surface area contributed by atoms with Crippen molar-refractivity contribution in [3.63, 3.8) is 0 Å². The maximum Gasteiger partial charge on any atom is 0.273 e. The van der Waals surface area contributed by atoms with E-state index in [2.05, 4.69) is 10.3 Å². The Morgan fingerprint density at radius 2 is 1.92 bits per heavy atom. The number of carbonyl (C=O) groups is 1. The van der Waals surface area contributed by atoms with E-state index in [1.54, 1.807) is 29.6 Å². The lowest BCUT2D eigenvalue weighted by Crippen LogP contribution is -2.15. The van der Waals surface area contributed by atoms with Crippen LogP contribution in [0, 0.1) is 10.1 Å². The molecule has 0 spiro atoms. The quantitative estimate of drug-likeness (QED) is 0.525. The summed E-state index contributed by atoms with van der Waals surface area (Å²) in [6.45, 7) is 0. The van der Waals surface area contributed by atoms with Crippen molar-refractivity contribution in [3.05, 3.63) is 74.6 Å². The van der Waals surface area contributed by atoms with Crippen LogP contribution in [0.4, 0.5) is 10.8 Å². The Labute approximate surface area is 152 Å². The van der Waals surface area contributed by atoms with Gasteiger partial charge in [0.1, 0.15) is 0 Å². The van der Waals surface area contributed by atoms with E-state index in [0.29, 0.717) is 21.4 Å². The first-order valence-electron chi connectivity index (χ1n) is 7.27. The molecule has 3 rings (SSSR count). The Morgan fingerprint density at radius 1 is 1.20 bits per heavy atom. The van der Waals surface area contributed by atoms with Gasteiger partial charge < -0.3 is 5.32 Å². The minimum absolute atomic E-state index is 0.0754.